The minimum Gasteiger partial charge on any atom is -0.494 e. The summed E-state index contributed by atoms with van der Waals surface area (Å²) in [4.78, 5) is 37.0. The van der Waals surface area contributed by atoms with Gasteiger partial charge in [-0.15, -0.1) is 0 Å². The number of nitrogens with zero attached hydrogens (tertiary/aromatic N) is 8. The number of piperidine rings is 2. The van der Waals surface area contributed by atoms with Crippen molar-refractivity contribution in [3.63, 3.8) is 0 Å². The van der Waals surface area contributed by atoms with Crippen LogP contribution in [0.25, 0.3) is 33.6 Å². The maximum atomic E-state index is 14.0. The number of carbonyl (C=O) groups is 1. The lowest BCUT2D eigenvalue weighted by Crippen LogP contribution is -2.41. The van der Waals surface area contributed by atoms with Gasteiger partial charge in [0.15, 0.2) is 5.82 Å². The zero-order valence-electron chi connectivity index (χ0n) is 26.8. The average molecular weight is 632 g/mol. The first kappa shape index (κ1) is 28.7. The molecule has 2 bridgehead atoms. The Hall–Kier alpha value is -4.51. The maximum absolute atomic E-state index is 14.0. The topological polar surface area (TPSA) is 120 Å². The van der Waals surface area contributed by atoms with E-state index in [0.717, 1.165) is 97.8 Å². The van der Waals surface area contributed by atoms with E-state index < -0.39 is 0 Å². The van der Waals surface area contributed by atoms with Crippen LogP contribution in [0.1, 0.15) is 48.9 Å². The van der Waals surface area contributed by atoms with Gasteiger partial charge in [-0.2, -0.15) is 0 Å². The fourth-order valence-electron chi connectivity index (χ4n) is 8.42. The van der Waals surface area contributed by atoms with Crippen LogP contribution in [0, 0.1) is 17.8 Å². The molecule has 11 nitrogen and oxygen atoms in total. The van der Waals surface area contributed by atoms with E-state index in [2.05, 4.69) is 36.1 Å². The molecule has 6 heterocycles. The fraction of sp³-hybridized carbons (Fsp3) is 0.472. The van der Waals surface area contributed by atoms with Gasteiger partial charge < -0.3 is 29.4 Å². The van der Waals surface area contributed by atoms with E-state index in [4.69, 9.17) is 20.4 Å². The van der Waals surface area contributed by atoms with E-state index in [1.165, 1.54) is 12.8 Å². The van der Waals surface area contributed by atoms with Gasteiger partial charge in [0.1, 0.15) is 29.1 Å². The Morgan fingerprint density at radius 3 is 2.51 bits per heavy atom. The van der Waals surface area contributed by atoms with E-state index >= 15 is 0 Å². The van der Waals surface area contributed by atoms with Gasteiger partial charge in [-0.25, -0.2) is 19.9 Å². The lowest BCUT2D eigenvalue weighted by atomic mass is 9.96. The number of fused-ring (bicyclic) bond motifs is 4. The molecular weight excluding hydrogens is 590 g/mol. The molecule has 5 aromatic rings. The summed E-state index contributed by atoms with van der Waals surface area (Å²) in [5, 5.41) is 1.11. The number of imidazole rings is 1. The van der Waals surface area contributed by atoms with Crippen molar-refractivity contribution in [1.82, 2.24) is 34.0 Å². The van der Waals surface area contributed by atoms with Gasteiger partial charge in [-0.3, -0.25) is 4.79 Å². The molecule has 0 spiro atoms. The van der Waals surface area contributed by atoms with E-state index in [-0.39, 0.29) is 18.0 Å². The molecule has 9 rings (SSSR count). The molecule has 3 atom stereocenters. The summed E-state index contributed by atoms with van der Waals surface area (Å²) in [5.74, 6) is 4.08. The minimum atomic E-state index is 0.0214. The first-order valence-corrected chi connectivity index (χ1v) is 17.2. The highest BCUT2D eigenvalue weighted by Crippen LogP contribution is 2.41. The molecule has 4 aliphatic rings. The van der Waals surface area contributed by atoms with Crippen LogP contribution in [-0.2, 0) is 13.1 Å². The number of methoxy groups -OCH3 is 1. The van der Waals surface area contributed by atoms with Gasteiger partial charge in [0.05, 0.1) is 18.3 Å². The van der Waals surface area contributed by atoms with Crippen LogP contribution >= 0.6 is 0 Å². The molecule has 242 valence electrons. The summed E-state index contributed by atoms with van der Waals surface area (Å²) in [6.07, 6.45) is 11.9. The van der Waals surface area contributed by atoms with Crippen molar-refractivity contribution in [1.29, 1.82) is 0 Å². The van der Waals surface area contributed by atoms with Gasteiger partial charge in [-0.05, 0) is 92.7 Å². The van der Waals surface area contributed by atoms with Crippen molar-refractivity contribution >= 4 is 33.8 Å². The first-order chi connectivity index (χ1) is 23.1. The molecule has 0 radical (unpaired) electrons. The number of nitrogens with two attached hydrogens (primary N) is 1. The fourth-order valence-corrected chi connectivity index (χ4v) is 8.42. The van der Waals surface area contributed by atoms with Crippen molar-refractivity contribution in [2.45, 2.75) is 63.7 Å². The molecular formula is C36H41N9O2. The molecule has 1 amide bonds. The minimum absolute atomic E-state index is 0.0214. The number of anilines is 1. The third kappa shape index (κ3) is 4.94. The zero-order valence-corrected chi connectivity index (χ0v) is 26.8. The number of hydrogen-bond donors (Lipinski definition) is 1. The number of carbonyl (C=O) groups excluding carboxylic acids is 1. The van der Waals surface area contributed by atoms with Gasteiger partial charge in [-0.1, -0.05) is 0 Å². The van der Waals surface area contributed by atoms with Gasteiger partial charge in [0.25, 0.3) is 5.91 Å². The number of likely N-dealkylation sites (tertiary alicyclic amines) is 1. The molecule has 4 aromatic heterocycles. The predicted molar refractivity (Wildman–Crippen MR) is 180 cm³/mol. The van der Waals surface area contributed by atoms with Crippen molar-refractivity contribution in [2.24, 2.45) is 23.5 Å². The Kier molecular flexibility index (Phi) is 6.92. The second-order valence-corrected chi connectivity index (χ2v) is 14.0. The largest absolute Gasteiger partial charge is 0.494 e. The summed E-state index contributed by atoms with van der Waals surface area (Å²) in [6.45, 7) is 4.33. The van der Waals surface area contributed by atoms with E-state index in [9.17, 15) is 4.79 Å². The zero-order chi connectivity index (χ0) is 31.6. The Morgan fingerprint density at radius 2 is 1.79 bits per heavy atom. The Morgan fingerprint density at radius 1 is 0.957 bits per heavy atom. The lowest BCUT2D eigenvalue weighted by Gasteiger charge is -2.33. The Labute approximate surface area is 273 Å². The van der Waals surface area contributed by atoms with Crippen LogP contribution < -0.4 is 15.4 Å². The molecule has 2 N–H and O–H groups in total. The highest BCUT2D eigenvalue weighted by Gasteiger charge is 2.47. The number of ether oxygens (including phenoxy) is 1. The number of aromatic nitrogens is 6. The summed E-state index contributed by atoms with van der Waals surface area (Å²) < 4.78 is 10.8. The van der Waals surface area contributed by atoms with Crippen molar-refractivity contribution < 1.29 is 9.53 Å². The summed E-state index contributed by atoms with van der Waals surface area (Å²) in [5.41, 5.74) is 10.9. The number of pyridine rings is 1. The Balaban J connectivity index is 1.13. The number of benzene rings is 1. The first-order valence-electron chi connectivity index (χ1n) is 17.2. The third-order valence-corrected chi connectivity index (χ3v) is 11.2. The SMILES string of the molecule is COc1cc(C(=O)N2C[C@H]3CC[C@@H]2[C@@H]3N)cc2nc(-c3cc4cccnc4n3CC3CC3)n(CC3CCN(c4ccncn4)CC3)c12. The number of hydrogen-bond acceptors (Lipinski definition) is 8. The molecule has 2 saturated heterocycles. The molecule has 1 aromatic carbocycles. The summed E-state index contributed by atoms with van der Waals surface area (Å²) in [6, 6.07) is 12.4. The highest BCUT2D eigenvalue weighted by atomic mass is 16.5. The van der Waals surface area contributed by atoms with Crippen LogP contribution in [0.15, 0.2) is 55.1 Å². The van der Waals surface area contributed by atoms with E-state index in [1.54, 1.807) is 13.4 Å². The molecule has 4 fully saturated rings. The normalized spacial score (nSPS) is 23.0. The van der Waals surface area contributed by atoms with E-state index in [0.29, 0.717) is 29.1 Å². The molecule has 2 saturated carbocycles. The molecule has 2 aliphatic heterocycles. The maximum Gasteiger partial charge on any atom is 0.254 e. The van der Waals surface area contributed by atoms with Gasteiger partial charge >= 0.3 is 0 Å². The molecule has 11 heteroatoms. The van der Waals surface area contributed by atoms with E-state index in [1.807, 2.05) is 41.6 Å². The summed E-state index contributed by atoms with van der Waals surface area (Å²) in [7, 11) is 1.70. The molecule has 47 heavy (non-hydrogen) atoms. The standard InChI is InChI=1S/C36H41N9O2/c1-47-30-17-26(36(46)44-20-25-6-7-28(44)32(25)37)15-27-33(30)45(19-23-9-13-42(14-10-23)31-8-12-38-21-40-31)35(41-27)29-16-24-3-2-11-39-34(24)43(29)18-22-4-5-22/h2-3,8,11-12,15-17,21-23,25,28,32H,4-7,9-10,13-14,18-20,37H2,1H3/t25-,28-,32-/m1/s1. The number of rotatable bonds is 8. The van der Waals surface area contributed by atoms with Gasteiger partial charge in [0.2, 0.25) is 0 Å². The predicted octanol–water partition coefficient (Wildman–Crippen LogP) is 4.74. The second kappa shape index (κ2) is 11.3. The van der Waals surface area contributed by atoms with Crippen molar-refractivity contribution in [3.05, 3.63) is 60.7 Å². The monoisotopic (exact) mass is 631 g/mol. The lowest BCUT2D eigenvalue weighted by molar-refractivity contribution is 0.0700. The Bertz CT molecular complexity index is 1960. The van der Waals surface area contributed by atoms with Crippen molar-refractivity contribution in [2.75, 3.05) is 31.6 Å². The van der Waals surface area contributed by atoms with Crippen LogP contribution in [0.2, 0.25) is 0 Å². The molecule has 0 unspecified atom stereocenters. The molecule has 2 aliphatic carbocycles. The van der Waals surface area contributed by atoms with Crippen LogP contribution in [0.5, 0.6) is 5.75 Å². The van der Waals surface area contributed by atoms with Crippen molar-refractivity contribution in [3.8, 4) is 17.3 Å². The summed E-state index contributed by atoms with van der Waals surface area (Å²) >= 11 is 0. The smallest absolute Gasteiger partial charge is 0.254 e. The average Bonchev–Trinajstić information content (AvgIpc) is 3.48. The third-order valence-electron chi connectivity index (χ3n) is 11.2. The number of amides is 1. The van der Waals surface area contributed by atoms with Gasteiger partial charge in [0, 0.05) is 68.2 Å². The van der Waals surface area contributed by atoms with Crippen LogP contribution in [0.3, 0.4) is 0 Å². The highest BCUT2D eigenvalue weighted by molar-refractivity contribution is 6.00. The second-order valence-electron chi connectivity index (χ2n) is 14.0. The van der Waals surface area contributed by atoms with Crippen LogP contribution in [-0.4, -0.2) is 78.7 Å². The quantitative estimate of drug-likeness (QED) is 0.261. The van der Waals surface area contributed by atoms with Crippen LogP contribution in [0.4, 0.5) is 5.82 Å².